The van der Waals surface area contributed by atoms with E-state index in [4.69, 9.17) is 32.9 Å². The summed E-state index contributed by atoms with van der Waals surface area (Å²) < 4.78 is 6.21. The minimum atomic E-state index is 0.0199. The standard InChI is InChI=1S/C33H41Cl2N7O3/c1-23(4-3-13-43)41-9-11-42(12-10-41)33-37-20-30(21-38-33)45-32-15-26(14-31(39-32)27-16-28(34)18-29(35)17-27)22-40-7-5-25(6-8-40)19-36-24(2)44/h13-18,20-21,23,25H,3-12,19,22H2,1-2H3,(H,36,44). The highest BCUT2D eigenvalue weighted by molar-refractivity contribution is 6.35. The van der Waals surface area contributed by atoms with Crippen LogP contribution in [-0.2, 0) is 16.1 Å². The number of aromatic nitrogens is 3. The number of rotatable bonds is 12. The van der Waals surface area contributed by atoms with Gasteiger partial charge in [0.15, 0.2) is 5.75 Å². The Balaban J connectivity index is 1.27. The van der Waals surface area contributed by atoms with E-state index in [0.29, 0.717) is 51.7 Å². The van der Waals surface area contributed by atoms with E-state index in [1.807, 2.05) is 18.2 Å². The van der Waals surface area contributed by atoms with Gasteiger partial charge in [-0.1, -0.05) is 23.2 Å². The number of aldehydes is 1. The molecule has 2 aliphatic rings. The van der Waals surface area contributed by atoms with E-state index in [2.05, 4.69) is 43.0 Å². The Bertz CT molecular complexity index is 1420. The number of benzene rings is 1. The summed E-state index contributed by atoms with van der Waals surface area (Å²) in [5, 5.41) is 4.02. The number of pyridine rings is 1. The van der Waals surface area contributed by atoms with E-state index in [1.165, 1.54) is 0 Å². The molecular formula is C33H41Cl2N7O3. The van der Waals surface area contributed by atoms with Crippen LogP contribution in [0.4, 0.5) is 5.95 Å². The van der Waals surface area contributed by atoms with Crippen molar-refractivity contribution in [2.45, 2.75) is 52.1 Å². The molecule has 240 valence electrons. The molecule has 4 heterocycles. The highest BCUT2D eigenvalue weighted by Crippen LogP contribution is 2.31. The van der Waals surface area contributed by atoms with E-state index >= 15 is 0 Å². The summed E-state index contributed by atoms with van der Waals surface area (Å²) in [5.74, 6) is 2.12. The summed E-state index contributed by atoms with van der Waals surface area (Å²) in [5.41, 5.74) is 2.58. The third-order valence-corrected chi connectivity index (χ3v) is 8.97. The molecule has 45 heavy (non-hydrogen) atoms. The molecular weight excluding hydrogens is 613 g/mol. The number of amides is 1. The lowest BCUT2D eigenvalue weighted by Crippen LogP contribution is -2.50. The van der Waals surface area contributed by atoms with Gasteiger partial charge in [-0.25, -0.2) is 15.0 Å². The van der Waals surface area contributed by atoms with Gasteiger partial charge < -0.3 is 19.7 Å². The Morgan fingerprint density at radius 2 is 1.71 bits per heavy atom. The van der Waals surface area contributed by atoms with Crippen molar-refractivity contribution in [1.29, 1.82) is 0 Å². The van der Waals surface area contributed by atoms with Crippen LogP contribution in [0.5, 0.6) is 11.6 Å². The SMILES string of the molecule is CC(=O)NCC1CCN(Cc2cc(Oc3cnc(N4CCN(C(C)CCC=O)CC4)nc3)nc(-c3cc(Cl)cc(Cl)c3)c2)CC1. The van der Waals surface area contributed by atoms with Crippen LogP contribution in [0.1, 0.15) is 45.1 Å². The third kappa shape index (κ3) is 9.59. The van der Waals surface area contributed by atoms with Gasteiger partial charge in [0.1, 0.15) is 6.29 Å². The van der Waals surface area contributed by atoms with Gasteiger partial charge in [-0.15, -0.1) is 0 Å². The number of carbonyl (C=O) groups is 2. The number of halogens is 2. The summed E-state index contributed by atoms with van der Waals surface area (Å²) in [7, 11) is 0. The van der Waals surface area contributed by atoms with Crippen LogP contribution in [0.3, 0.4) is 0 Å². The summed E-state index contributed by atoms with van der Waals surface area (Å²) in [4.78, 5) is 43.0. The Hall–Kier alpha value is -3.31. The maximum atomic E-state index is 11.3. The Labute approximate surface area is 275 Å². The van der Waals surface area contributed by atoms with Crippen LogP contribution in [0.2, 0.25) is 10.0 Å². The molecule has 1 atom stereocenters. The first-order chi connectivity index (χ1) is 21.7. The normalized spacial score (nSPS) is 17.2. The molecule has 2 fully saturated rings. The molecule has 2 aliphatic heterocycles. The van der Waals surface area contributed by atoms with Gasteiger partial charge in [0, 0.05) is 80.3 Å². The summed E-state index contributed by atoms with van der Waals surface area (Å²) >= 11 is 12.7. The number of piperazine rings is 1. The Morgan fingerprint density at radius 3 is 2.36 bits per heavy atom. The van der Waals surface area contributed by atoms with Crippen molar-refractivity contribution in [3.63, 3.8) is 0 Å². The molecule has 1 amide bonds. The molecule has 0 spiro atoms. The minimum absolute atomic E-state index is 0.0199. The fraction of sp³-hybridized carbons (Fsp3) is 0.485. The lowest BCUT2D eigenvalue weighted by molar-refractivity contribution is -0.119. The molecule has 2 aromatic heterocycles. The van der Waals surface area contributed by atoms with Crippen LogP contribution in [0, 0.1) is 5.92 Å². The molecule has 0 bridgehead atoms. The average Bonchev–Trinajstić information content (AvgIpc) is 3.03. The second-order valence-corrected chi connectivity index (χ2v) is 12.8. The molecule has 5 rings (SSSR count). The van der Waals surface area contributed by atoms with Crippen LogP contribution in [-0.4, -0.2) is 88.8 Å². The zero-order valence-electron chi connectivity index (χ0n) is 25.9. The Morgan fingerprint density at radius 1 is 1.02 bits per heavy atom. The van der Waals surface area contributed by atoms with Gasteiger partial charge >= 0.3 is 0 Å². The number of hydrogen-bond acceptors (Lipinski definition) is 9. The first-order valence-electron chi connectivity index (χ1n) is 15.6. The smallest absolute Gasteiger partial charge is 0.225 e. The number of hydrogen-bond donors (Lipinski definition) is 1. The minimum Gasteiger partial charge on any atom is -0.436 e. The molecule has 0 saturated carbocycles. The molecule has 2 saturated heterocycles. The van der Waals surface area contributed by atoms with Crippen LogP contribution in [0.25, 0.3) is 11.3 Å². The fourth-order valence-corrected chi connectivity index (χ4v) is 6.47. The lowest BCUT2D eigenvalue weighted by Gasteiger charge is -2.38. The molecule has 1 N–H and O–H groups in total. The van der Waals surface area contributed by atoms with Crippen molar-refractivity contribution in [2.75, 3.05) is 50.7 Å². The zero-order valence-corrected chi connectivity index (χ0v) is 27.4. The van der Waals surface area contributed by atoms with Gasteiger partial charge in [-0.05, 0) is 75.0 Å². The van der Waals surface area contributed by atoms with Crippen molar-refractivity contribution in [3.05, 3.63) is 58.3 Å². The van der Waals surface area contributed by atoms with Crippen molar-refractivity contribution in [1.82, 2.24) is 30.1 Å². The molecule has 1 unspecified atom stereocenters. The summed E-state index contributed by atoms with van der Waals surface area (Å²) in [6.45, 7) is 10.6. The van der Waals surface area contributed by atoms with E-state index in [0.717, 1.165) is 89.0 Å². The van der Waals surface area contributed by atoms with Crippen LogP contribution >= 0.6 is 23.2 Å². The van der Waals surface area contributed by atoms with E-state index in [9.17, 15) is 9.59 Å². The monoisotopic (exact) mass is 653 g/mol. The molecule has 0 radical (unpaired) electrons. The quantitative estimate of drug-likeness (QED) is 0.255. The second-order valence-electron chi connectivity index (χ2n) is 12.0. The van der Waals surface area contributed by atoms with Gasteiger partial charge in [-0.3, -0.25) is 14.6 Å². The van der Waals surface area contributed by atoms with E-state index in [1.54, 1.807) is 25.4 Å². The van der Waals surface area contributed by atoms with Gasteiger partial charge in [0.2, 0.25) is 17.7 Å². The fourth-order valence-electron chi connectivity index (χ4n) is 5.95. The first-order valence-corrected chi connectivity index (χ1v) is 16.4. The van der Waals surface area contributed by atoms with Crippen molar-refractivity contribution < 1.29 is 14.3 Å². The highest BCUT2D eigenvalue weighted by atomic mass is 35.5. The average molecular weight is 655 g/mol. The van der Waals surface area contributed by atoms with Crippen molar-refractivity contribution >= 4 is 41.3 Å². The van der Waals surface area contributed by atoms with Gasteiger partial charge in [-0.2, -0.15) is 0 Å². The number of nitrogens with zero attached hydrogens (tertiary/aromatic N) is 6. The number of piperidine rings is 1. The zero-order chi connectivity index (χ0) is 31.8. The number of carbonyl (C=O) groups excluding carboxylic acids is 2. The molecule has 0 aliphatic carbocycles. The largest absolute Gasteiger partial charge is 0.436 e. The second kappa shape index (κ2) is 15.8. The third-order valence-electron chi connectivity index (χ3n) is 8.53. The molecule has 12 heteroatoms. The molecule has 1 aromatic carbocycles. The van der Waals surface area contributed by atoms with Crippen LogP contribution in [0.15, 0.2) is 42.7 Å². The lowest BCUT2D eigenvalue weighted by atomic mass is 9.96. The van der Waals surface area contributed by atoms with E-state index in [-0.39, 0.29) is 5.91 Å². The van der Waals surface area contributed by atoms with Gasteiger partial charge in [0.05, 0.1) is 18.1 Å². The Kier molecular flexibility index (Phi) is 11.6. The predicted molar refractivity (Wildman–Crippen MR) is 177 cm³/mol. The number of anilines is 1. The van der Waals surface area contributed by atoms with Crippen molar-refractivity contribution in [2.24, 2.45) is 5.92 Å². The molecule has 3 aromatic rings. The molecule has 10 nitrogen and oxygen atoms in total. The maximum absolute atomic E-state index is 11.3. The number of ether oxygens (including phenoxy) is 1. The first kappa shape index (κ1) is 33.1. The summed E-state index contributed by atoms with van der Waals surface area (Å²) in [6, 6.07) is 9.78. The van der Waals surface area contributed by atoms with Crippen LogP contribution < -0.4 is 15.0 Å². The number of nitrogens with one attached hydrogen (secondary N) is 1. The topological polar surface area (TPSA) is 104 Å². The number of likely N-dealkylation sites (tertiary alicyclic amines) is 1. The van der Waals surface area contributed by atoms with Gasteiger partial charge in [0.25, 0.3) is 0 Å². The summed E-state index contributed by atoms with van der Waals surface area (Å²) in [6.07, 6.45) is 7.90. The van der Waals surface area contributed by atoms with Crippen molar-refractivity contribution in [3.8, 4) is 22.9 Å². The van der Waals surface area contributed by atoms with E-state index < -0.39 is 0 Å². The highest BCUT2D eigenvalue weighted by Gasteiger charge is 2.23. The predicted octanol–water partition coefficient (Wildman–Crippen LogP) is 5.48. The maximum Gasteiger partial charge on any atom is 0.225 e.